The fourth-order valence-electron chi connectivity index (χ4n) is 1.48. The Morgan fingerprint density at radius 1 is 1.77 bits per heavy atom. The Kier molecular flexibility index (Phi) is 2.75. The van der Waals surface area contributed by atoms with Crippen LogP contribution in [0.3, 0.4) is 0 Å². The van der Waals surface area contributed by atoms with Gasteiger partial charge >= 0.3 is 12.0 Å². The second-order valence-electron chi connectivity index (χ2n) is 3.52. The molecule has 5 heteroatoms. The van der Waals surface area contributed by atoms with Gasteiger partial charge in [-0.3, -0.25) is 4.79 Å². The molecule has 0 aromatic rings. The lowest BCUT2D eigenvalue weighted by atomic mass is 10.0. The Morgan fingerprint density at radius 3 is 2.85 bits per heavy atom. The molecular formula is C8H14N2O3. The summed E-state index contributed by atoms with van der Waals surface area (Å²) >= 11 is 0. The highest BCUT2D eigenvalue weighted by Crippen LogP contribution is 2.14. The lowest BCUT2D eigenvalue weighted by Gasteiger charge is -2.23. The maximum Gasteiger partial charge on any atom is 0.323 e. The van der Waals surface area contributed by atoms with E-state index in [1.807, 2.05) is 13.8 Å². The van der Waals surface area contributed by atoms with Gasteiger partial charge in [-0.2, -0.15) is 0 Å². The molecule has 0 bridgehead atoms. The Morgan fingerprint density at radius 2 is 2.38 bits per heavy atom. The van der Waals surface area contributed by atoms with Crippen molar-refractivity contribution in [1.82, 2.24) is 10.2 Å². The van der Waals surface area contributed by atoms with Crippen molar-refractivity contribution in [2.45, 2.75) is 19.9 Å². The molecule has 1 heterocycles. The Bertz CT molecular complexity index is 227. The number of carboxylic acids is 1. The van der Waals surface area contributed by atoms with Gasteiger partial charge in [0, 0.05) is 6.54 Å². The average molecular weight is 186 g/mol. The minimum absolute atomic E-state index is 0.00333. The third kappa shape index (κ3) is 2.11. The lowest BCUT2D eigenvalue weighted by Crippen LogP contribution is -2.40. The lowest BCUT2D eigenvalue weighted by molar-refractivity contribution is -0.138. The first-order valence-corrected chi connectivity index (χ1v) is 4.28. The molecule has 1 fully saturated rings. The molecule has 1 aliphatic rings. The molecule has 1 atom stereocenters. The van der Waals surface area contributed by atoms with Crippen LogP contribution in [0.2, 0.25) is 0 Å². The summed E-state index contributed by atoms with van der Waals surface area (Å²) in [6.07, 6.45) is 0. The topological polar surface area (TPSA) is 69.6 Å². The number of carbonyl (C=O) groups is 2. The summed E-state index contributed by atoms with van der Waals surface area (Å²) in [5, 5.41) is 11.2. The zero-order valence-corrected chi connectivity index (χ0v) is 7.78. The molecule has 0 saturated carbocycles. The van der Waals surface area contributed by atoms with Gasteiger partial charge in [-0.25, -0.2) is 4.79 Å². The van der Waals surface area contributed by atoms with Crippen molar-refractivity contribution in [3.8, 4) is 0 Å². The molecule has 1 aliphatic heterocycles. The second-order valence-corrected chi connectivity index (χ2v) is 3.52. The highest BCUT2D eigenvalue weighted by Gasteiger charge is 2.33. The van der Waals surface area contributed by atoms with Gasteiger partial charge in [0.2, 0.25) is 0 Å². The van der Waals surface area contributed by atoms with E-state index in [1.165, 1.54) is 4.90 Å². The number of urea groups is 1. The van der Waals surface area contributed by atoms with Crippen molar-refractivity contribution >= 4 is 12.0 Å². The van der Waals surface area contributed by atoms with Crippen molar-refractivity contribution in [3.63, 3.8) is 0 Å². The van der Waals surface area contributed by atoms with E-state index in [0.29, 0.717) is 6.54 Å². The molecule has 5 nitrogen and oxygen atoms in total. The minimum Gasteiger partial charge on any atom is -0.480 e. The summed E-state index contributed by atoms with van der Waals surface area (Å²) < 4.78 is 0. The summed E-state index contributed by atoms with van der Waals surface area (Å²) in [6.45, 7) is 4.28. The summed E-state index contributed by atoms with van der Waals surface area (Å²) in [4.78, 5) is 23.0. The number of nitrogens with zero attached hydrogens (tertiary/aromatic N) is 1. The first kappa shape index (κ1) is 9.83. The van der Waals surface area contributed by atoms with Gasteiger partial charge in [-0.15, -0.1) is 0 Å². The first-order valence-electron chi connectivity index (χ1n) is 4.28. The van der Waals surface area contributed by atoms with E-state index in [4.69, 9.17) is 5.11 Å². The maximum atomic E-state index is 11.2. The van der Waals surface area contributed by atoms with E-state index in [-0.39, 0.29) is 24.5 Å². The second kappa shape index (κ2) is 3.64. The van der Waals surface area contributed by atoms with E-state index in [9.17, 15) is 9.59 Å². The molecule has 13 heavy (non-hydrogen) atoms. The number of hydrogen-bond donors (Lipinski definition) is 2. The van der Waals surface area contributed by atoms with Crippen LogP contribution in [0.25, 0.3) is 0 Å². The summed E-state index contributed by atoms with van der Waals surface area (Å²) in [7, 11) is 0. The largest absolute Gasteiger partial charge is 0.480 e. The van der Waals surface area contributed by atoms with Crippen molar-refractivity contribution in [2.75, 3.05) is 13.1 Å². The normalized spacial score (nSPS) is 22.2. The zero-order valence-electron chi connectivity index (χ0n) is 7.78. The molecule has 1 rings (SSSR count). The van der Waals surface area contributed by atoms with Crippen molar-refractivity contribution in [3.05, 3.63) is 0 Å². The minimum atomic E-state index is -0.970. The van der Waals surface area contributed by atoms with Crippen LogP contribution in [-0.2, 0) is 4.79 Å². The predicted molar refractivity (Wildman–Crippen MR) is 46.4 cm³/mol. The fourth-order valence-corrected chi connectivity index (χ4v) is 1.48. The third-order valence-electron chi connectivity index (χ3n) is 2.20. The molecule has 74 valence electrons. The Labute approximate surface area is 76.7 Å². The third-order valence-corrected chi connectivity index (χ3v) is 2.20. The monoisotopic (exact) mass is 186 g/mol. The van der Waals surface area contributed by atoms with Crippen LogP contribution in [0.1, 0.15) is 13.8 Å². The van der Waals surface area contributed by atoms with Gasteiger partial charge in [0.1, 0.15) is 6.54 Å². The van der Waals surface area contributed by atoms with Gasteiger partial charge in [0.15, 0.2) is 0 Å². The molecule has 0 aromatic heterocycles. The number of hydrogen-bond acceptors (Lipinski definition) is 2. The number of carboxylic acid groups (broad SMARTS) is 1. The van der Waals surface area contributed by atoms with E-state index in [0.717, 1.165) is 0 Å². The number of amides is 2. The van der Waals surface area contributed by atoms with Crippen LogP contribution >= 0.6 is 0 Å². The van der Waals surface area contributed by atoms with Crippen LogP contribution in [0.4, 0.5) is 4.79 Å². The summed E-state index contributed by atoms with van der Waals surface area (Å²) in [6, 6.07) is -0.273. The van der Waals surface area contributed by atoms with Crippen LogP contribution in [0.15, 0.2) is 0 Å². The molecule has 0 aliphatic carbocycles. The van der Waals surface area contributed by atoms with Crippen LogP contribution in [0, 0.1) is 5.92 Å². The maximum absolute atomic E-state index is 11.2. The van der Waals surface area contributed by atoms with Gasteiger partial charge in [0.05, 0.1) is 6.04 Å². The van der Waals surface area contributed by atoms with Gasteiger partial charge in [-0.05, 0) is 5.92 Å². The molecular weight excluding hydrogens is 172 g/mol. The van der Waals surface area contributed by atoms with Crippen molar-refractivity contribution in [1.29, 1.82) is 0 Å². The molecule has 1 unspecified atom stereocenters. The molecule has 0 aromatic carbocycles. The van der Waals surface area contributed by atoms with Crippen LogP contribution in [0.5, 0.6) is 0 Å². The van der Waals surface area contributed by atoms with Gasteiger partial charge < -0.3 is 15.3 Å². The van der Waals surface area contributed by atoms with Crippen LogP contribution in [-0.4, -0.2) is 41.1 Å². The first-order chi connectivity index (χ1) is 6.02. The van der Waals surface area contributed by atoms with Crippen molar-refractivity contribution in [2.24, 2.45) is 5.92 Å². The Hall–Kier alpha value is -1.26. The molecule has 1 saturated heterocycles. The SMILES string of the molecule is CC(C)C1CNC(=O)N1CC(=O)O. The van der Waals surface area contributed by atoms with Gasteiger partial charge in [0.25, 0.3) is 0 Å². The van der Waals surface area contributed by atoms with E-state index in [1.54, 1.807) is 0 Å². The molecule has 2 amide bonds. The number of rotatable bonds is 3. The van der Waals surface area contributed by atoms with Crippen molar-refractivity contribution < 1.29 is 14.7 Å². The number of aliphatic carboxylic acids is 1. The highest BCUT2D eigenvalue weighted by molar-refractivity contribution is 5.82. The number of carbonyl (C=O) groups excluding carboxylic acids is 1. The van der Waals surface area contributed by atoms with Crippen LogP contribution < -0.4 is 5.32 Å². The molecule has 0 radical (unpaired) electrons. The van der Waals surface area contributed by atoms with Gasteiger partial charge in [-0.1, -0.05) is 13.8 Å². The fraction of sp³-hybridized carbons (Fsp3) is 0.750. The van der Waals surface area contributed by atoms with E-state index >= 15 is 0 Å². The van der Waals surface area contributed by atoms with E-state index < -0.39 is 5.97 Å². The Balaban J connectivity index is 2.65. The predicted octanol–water partition coefficient (Wildman–Crippen LogP) is 0.121. The molecule has 0 spiro atoms. The smallest absolute Gasteiger partial charge is 0.323 e. The zero-order chi connectivity index (χ0) is 10.0. The summed E-state index contributed by atoms with van der Waals surface area (Å²) in [5.41, 5.74) is 0. The number of nitrogens with one attached hydrogen (secondary N) is 1. The average Bonchev–Trinajstić information content (AvgIpc) is 2.32. The van der Waals surface area contributed by atoms with E-state index in [2.05, 4.69) is 5.32 Å². The quantitative estimate of drug-likeness (QED) is 0.657. The standard InChI is InChI=1S/C8H14N2O3/c1-5(2)6-3-9-8(13)10(6)4-7(11)12/h5-6H,3-4H2,1-2H3,(H,9,13)(H,11,12). The summed E-state index contributed by atoms with van der Waals surface area (Å²) in [5.74, 6) is -0.694. The highest BCUT2D eigenvalue weighted by atomic mass is 16.4. The molecule has 2 N–H and O–H groups in total.